The fraction of sp³-hybridized carbons (Fsp3) is 0.154. The second-order valence-electron chi connectivity index (χ2n) is 7.54. The van der Waals surface area contributed by atoms with E-state index in [-0.39, 0.29) is 5.91 Å². The SMILES string of the molecule is O=C(C=CC=C1OC(/C=C/c2ccccc2)=Nc2c1oc1ccc(Br)cc21)N1CCOCC1. The lowest BCUT2D eigenvalue weighted by atomic mass is 10.2. The predicted octanol–water partition coefficient (Wildman–Crippen LogP) is 5.72. The molecule has 2 aliphatic rings. The first-order valence-electron chi connectivity index (χ1n) is 10.6. The van der Waals surface area contributed by atoms with Crippen LogP contribution in [0.2, 0.25) is 0 Å². The van der Waals surface area contributed by atoms with Crippen LogP contribution in [0.15, 0.2) is 86.7 Å². The number of aliphatic imine (C=N–C) groups is 1. The van der Waals surface area contributed by atoms with Crippen molar-refractivity contribution < 1.29 is 18.7 Å². The molecule has 0 aliphatic carbocycles. The standard InChI is InChI=1S/C26H21BrN2O4/c27-19-10-11-21-20(17-19)25-26(33-21)22(7-4-8-24(30)29-13-15-31-16-14-29)32-23(28-25)12-9-18-5-2-1-3-6-18/h1-12,17H,13-16H2/b8-4?,12-9+,22-7?. The molecule has 0 bridgehead atoms. The van der Waals surface area contributed by atoms with Crippen molar-refractivity contribution in [1.82, 2.24) is 4.90 Å². The molecular weight excluding hydrogens is 484 g/mol. The highest BCUT2D eigenvalue weighted by molar-refractivity contribution is 9.10. The van der Waals surface area contributed by atoms with E-state index in [4.69, 9.17) is 18.9 Å². The van der Waals surface area contributed by atoms with Gasteiger partial charge >= 0.3 is 0 Å². The lowest BCUT2D eigenvalue weighted by Gasteiger charge is -2.25. The van der Waals surface area contributed by atoms with E-state index in [2.05, 4.69) is 15.9 Å². The predicted molar refractivity (Wildman–Crippen MR) is 132 cm³/mol. The van der Waals surface area contributed by atoms with Gasteiger partial charge in [-0.2, -0.15) is 0 Å². The number of allylic oxidation sites excluding steroid dienone is 2. The molecular formula is C26H21BrN2O4. The van der Waals surface area contributed by atoms with E-state index in [1.807, 2.05) is 60.7 Å². The molecule has 0 radical (unpaired) electrons. The quantitative estimate of drug-likeness (QED) is 0.426. The first kappa shape index (κ1) is 21.4. The molecule has 0 atom stereocenters. The van der Waals surface area contributed by atoms with Gasteiger partial charge in [-0.1, -0.05) is 52.3 Å². The number of carbonyl (C=O) groups is 1. The fourth-order valence-corrected chi connectivity index (χ4v) is 4.01. The second kappa shape index (κ2) is 9.60. The summed E-state index contributed by atoms with van der Waals surface area (Å²) in [5.74, 6) is 1.40. The highest BCUT2D eigenvalue weighted by Gasteiger charge is 2.24. The zero-order valence-corrected chi connectivity index (χ0v) is 19.3. The van der Waals surface area contributed by atoms with Crippen LogP contribution in [0.5, 0.6) is 0 Å². The molecule has 3 aromatic rings. The van der Waals surface area contributed by atoms with E-state index in [1.165, 1.54) is 6.08 Å². The summed E-state index contributed by atoms with van der Waals surface area (Å²) in [7, 11) is 0. The van der Waals surface area contributed by atoms with Gasteiger partial charge in [0.2, 0.25) is 11.8 Å². The minimum Gasteiger partial charge on any atom is -0.450 e. The number of benzene rings is 2. The van der Waals surface area contributed by atoms with Crippen LogP contribution in [0.1, 0.15) is 11.3 Å². The number of furan rings is 1. The summed E-state index contributed by atoms with van der Waals surface area (Å²) in [5.41, 5.74) is 2.45. The summed E-state index contributed by atoms with van der Waals surface area (Å²) in [6.45, 7) is 2.32. The Morgan fingerprint density at radius 2 is 1.88 bits per heavy atom. The highest BCUT2D eigenvalue weighted by Crippen LogP contribution is 2.42. The van der Waals surface area contributed by atoms with Gasteiger partial charge in [0.25, 0.3) is 0 Å². The van der Waals surface area contributed by atoms with Gasteiger partial charge in [0.05, 0.1) is 13.2 Å². The Morgan fingerprint density at radius 3 is 2.70 bits per heavy atom. The monoisotopic (exact) mass is 504 g/mol. The third-order valence-electron chi connectivity index (χ3n) is 5.31. The number of amides is 1. The van der Waals surface area contributed by atoms with Gasteiger partial charge in [-0.15, -0.1) is 0 Å². The molecule has 33 heavy (non-hydrogen) atoms. The number of hydrogen-bond donors (Lipinski definition) is 0. The summed E-state index contributed by atoms with van der Waals surface area (Å²) in [6, 6.07) is 15.7. The van der Waals surface area contributed by atoms with E-state index in [9.17, 15) is 4.79 Å². The van der Waals surface area contributed by atoms with Crippen molar-refractivity contribution in [2.24, 2.45) is 4.99 Å². The summed E-state index contributed by atoms with van der Waals surface area (Å²) < 4.78 is 18.3. The Balaban J connectivity index is 1.48. The number of morpholine rings is 1. The third kappa shape index (κ3) is 4.84. The molecule has 1 fully saturated rings. The van der Waals surface area contributed by atoms with Crippen LogP contribution in [0.3, 0.4) is 0 Å². The van der Waals surface area contributed by atoms with Crippen LogP contribution >= 0.6 is 15.9 Å². The van der Waals surface area contributed by atoms with E-state index < -0.39 is 0 Å². The minimum absolute atomic E-state index is 0.0578. The van der Waals surface area contributed by atoms with Crippen LogP contribution in [0.4, 0.5) is 5.69 Å². The van der Waals surface area contributed by atoms with Crippen molar-refractivity contribution >= 4 is 56.2 Å². The normalized spacial score (nSPS) is 17.5. The maximum atomic E-state index is 12.4. The average molecular weight is 505 g/mol. The van der Waals surface area contributed by atoms with Gasteiger partial charge in [0.1, 0.15) is 11.3 Å². The zero-order valence-electron chi connectivity index (χ0n) is 17.7. The Hall–Kier alpha value is -3.42. The Kier molecular flexibility index (Phi) is 6.24. The van der Waals surface area contributed by atoms with E-state index in [0.29, 0.717) is 55.0 Å². The summed E-state index contributed by atoms with van der Waals surface area (Å²) in [6.07, 6.45) is 8.72. The number of fused-ring (bicyclic) bond motifs is 3. The zero-order chi connectivity index (χ0) is 22.6. The van der Waals surface area contributed by atoms with Gasteiger partial charge in [-0.3, -0.25) is 4.79 Å². The number of rotatable bonds is 4. The van der Waals surface area contributed by atoms with Crippen LogP contribution < -0.4 is 0 Å². The summed E-state index contributed by atoms with van der Waals surface area (Å²) in [4.78, 5) is 18.9. The van der Waals surface area contributed by atoms with Crippen molar-refractivity contribution in [2.75, 3.05) is 26.3 Å². The molecule has 2 aromatic carbocycles. The van der Waals surface area contributed by atoms with Crippen molar-refractivity contribution in [3.63, 3.8) is 0 Å². The van der Waals surface area contributed by atoms with Gasteiger partial charge in [-0.05, 0) is 35.9 Å². The molecule has 0 unspecified atom stereocenters. The number of nitrogens with zero attached hydrogens (tertiary/aromatic N) is 2. The molecule has 0 saturated carbocycles. The van der Waals surface area contributed by atoms with Crippen LogP contribution in [0, 0.1) is 0 Å². The van der Waals surface area contributed by atoms with Crippen LogP contribution in [0.25, 0.3) is 22.8 Å². The number of hydrogen-bond acceptors (Lipinski definition) is 5. The third-order valence-corrected chi connectivity index (χ3v) is 5.80. The number of carbonyl (C=O) groups excluding carboxylic acids is 1. The fourth-order valence-electron chi connectivity index (χ4n) is 3.65. The van der Waals surface area contributed by atoms with Crippen molar-refractivity contribution in [2.45, 2.75) is 0 Å². The van der Waals surface area contributed by atoms with Gasteiger partial charge < -0.3 is 18.8 Å². The Morgan fingerprint density at radius 1 is 1.06 bits per heavy atom. The molecule has 0 spiro atoms. The smallest absolute Gasteiger partial charge is 0.246 e. The second-order valence-corrected chi connectivity index (χ2v) is 8.46. The molecule has 3 heterocycles. The van der Waals surface area contributed by atoms with E-state index >= 15 is 0 Å². The maximum Gasteiger partial charge on any atom is 0.246 e. The molecule has 1 saturated heterocycles. The first-order valence-corrected chi connectivity index (χ1v) is 11.4. The lowest BCUT2D eigenvalue weighted by molar-refractivity contribution is -0.129. The van der Waals surface area contributed by atoms with Crippen LogP contribution in [-0.4, -0.2) is 43.0 Å². The molecule has 166 valence electrons. The Bertz CT molecular complexity index is 1300. The average Bonchev–Trinajstić information content (AvgIpc) is 3.22. The van der Waals surface area contributed by atoms with Crippen molar-refractivity contribution in [3.8, 4) is 0 Å². The van der Waals surface area contributed by atoms with Gasteiger partial charge in [-0.25, -0.2) is 4.99 Å². The van der Waals surface area contributed by atoms with Gasteiger partial charge in [0, 0.05) is 35.1 Å². The Labute approximate surface area is 199 Å². The topological polar surface area (TPSA) is 64.3 Å². The lowest BCUT2D eigenvalue weighted by Crippen LogP contribution is -2.39. The molecule has 0 N–H and O–H groups in total. The minimum atomic E-state index is -0.0578. The molecule has 2 aliphatic heterocycles. The maximum absolute atomic E-state index is 12.4. The van der Waals surface area contributed by atoms with E-state index in [1.54, 1.807) is 17.1 Å². The van der Waals surface area contributed by atoms with Crippen LogP contribution in [-0.2, 0) is 14.3 Å². The molecule has 6 nitrogen and oxygen atoms in total. The highest BCUT2D eigenvalue weighted by atomic mass is 79.9. The van der Waals surface area contributed by atoms with Gasteiger partial charge in [0.15, 0.2) is 11.5 Å². The number of ether oxygens (including phenoxy) is 2. The molecule has 7 heteroatoms. The largest absolute Gasteiger partial charge is 0.450 e. The first-order chi connectivity index (χ1) is 16.2. The van der Waals surface area contributed by atoms with Crippen molar-refractivity contribution in [3.05, 3.63) is 88.6 Å². The molecule has 5 rings (SSSR count). The van der Waals surface area contributed by atoms with Crippen molar-refractivity contribution in [1.29, 1.82) is 0 Å². The summed E-state index contributed by atoms with van der Waals surface area (Å²) in [5, 5.41) is 0.882. The molecule has 1 aromatic heterocycles. The summed E-state index contributed by atoms with van der Waals surface area (Å²) >= 11 is 3.52. The number of halogens is 1. The molecule has 1 amide bonds. The van der Waals surface area contributed by atoms with E-state index in [0.717, 1.165) is 15.4 Å².